The highest BCUT2D eigenvalue weighted by atomic mass is 16.5. The number of carbonyl (C=O) groups is 1. The topological polar surface area (TPSA) is 88.0 Å². The molecule has 0 aromatic carbocycles. The minimum absolute atomic E-state index is 0.0960. The number of methoxy groups -OCH3 is 1. The van der Waals surface area contributed by atoms with Gasteiger partial charge in [0.2, 0.25) is 6.08 Å². The van der Waals surface area contributed by atoms with Gasteiger partial charge in [0, 0.05) is 13.2 Å². The van der Waals surface area contributed by atoms with E-state index in [1.165, 1.54) is 7.11 Å². The summed E-state index contributed by atoms with van der Waals surface area (Å²) in [6, 6.07) is 0.248. The summed E-state index contributed by atoms with van der Waals surface area (Å²) in [5.74, 6) is 6.46. The van der Waals surface area contributed by atoms with Gasteiger partial charge in [0.1, 0.15) is 0 Å². The first kappa shape index (κ1) is 43.1. The Hall–Kier alpha value is -1.39. The van der Waals surface area contributed by atoms with E-state index in [1.54, 1.807) is 6.08 Å². The van der Waals surface area contributed by atoms with Crippen LogP contribution in [0.5, 0.6) is 0 Å². The number of hydrogen-bond donors (Lipinski definition) is 2. The van der Waals surface area contributed by atoms with Crippen LogP contribution in [0.1, 0.15) is 111 Å². The fourth-order valence-corrected chi connectivity index (χ4v) is 5.33. The number of aliphatic hydroxyl groups excluding tert-OH is 1. The maximum atomic E-state index is 11.6. The van der Waals surface area contributed by atoms with Gasteiger partial charge in [-0.1, -0.05) is 111 Å². The fraction of sp³-hybridized carbons (Fsp3) is 0.941. The quantitative estimate of drug-likeness (QED) is 0.161. The molecule has 0 saturated carbocycles. The van der Waals surface area contributed by atoms with Crippen LogP contribution in [-0.4, -0.2) is 43.6 Å². The third kappa shape index (κ3) is 15.0. The Morgan fingerprint density at radius 1 is 0.575 bits per heavy atom. The first-order valence-electron chi connectivity index (χ1n) is 15.7. The maximum absolute atomic E-state index is 11.6. The van der Waals surface area contributed by atoms with Crippen LogP contribution in [0.15, 0.2) is 4.99 Å². The Morgan fingerprint density at radius 3 is 1.23 bits per heavy atom. The molecule has 0 aliphatic heterocycles. The number of aliphatic hydroxyl groups is 1. The van der Waals surface area contributed by atoms with Crippen molar-refractivity contribution in [2.45, 2.75) is 123 Å². The lowest BCUT2D eigenvalue weighted by Gasteiger charge is -2.38. The van der Waals surface area contributed by atoms with E-state index in [0.717, 1.165) is 7.11 Å². The molecule has 0 spiro atoms. The van der Waals surface area contributed by atoms with E-state index in [-0.39, 0.29) is 18.2 Å². The molecule has 0 aliphatic carbocycles. The molecular weight excluding hydrogens is 500 g/mol. The smallest absolute Gasteiger partial charge is 0.407 e. The van der Waals surface area contributed by atoms with E-state index < -0.39 is 0 Å². The Bertz CT molecular complexity index is 687. The predicted octanol–water partition coefficient (Wildman–Crippen LogP) is 8.72. The van der Waals surface area contributed by atoms with Crippen molar-refractivity contribution in [2.75, 3.05) is 14.2 Å². The highest BCUT2D eigenvalue weighted by molar-refractivity contribution is 5.67. The van der Waals surface area contributed by atoms with E-state index in [0.29, 0.717) is 71.0 Å². The molecule has 0 heterocycles. The second kappa shape index (κ2) is 22.2. The molecule has 10 atom stereocenters. The highest BCUT2D eigenvalue weighted by Crippen LogP contribution is 2.34. The number of nitrogens with zero attached hydrogens (tertiary/aromatic N) is 1. The van der Waals surface area contributed by atoms with Crippen LogP contribution in [0.2, 0.25) is 0 Å². The number of ether oxygens (including phenoxy) is 1. The van der Waals surface area contributed by atoms with Crippen molar-refractivity contribution in [3.8, 4) is 0 Å². The molecule has 240 valence electrons. The van der Waals surface area contributed by atoms with Crippen molar-refractivity contribution in [2.24, 2.45) is 76.0 Å². The van der Waals surface area contributed by atoms with Gasteiger partial charge in [-0.15, -0.1) is 0 Å². The molecule has 2 N–H and O–H groups in total. The predicted molar refractivity (Wildman–Crippen MR) is 172 cm³/mol. The Morgan fingerprint density at radius 2 is 0.925 bits per heavy atom. The fourth-order valence-electron chi connectivity index (χ4n) is 5.33. The lowest BCUT2D eigenvalue weighted by molar-refractivity contribution is 0.119. The second-order valence-electron chi connectivity index (χ2n) is 13.7. The van der Waals surface area contributed by atoms with Crippen molar-refractivity contribution in [3.63, 3.8) is 0 Å². The first-order chi connectivity index (χ1) is 18.4. The summed E-state index contributed by atoms with van der Waals surface area (Å²) < 4.78 is 4.80. The molecule has 0 radical (unpaired) electrons. The van der Waals surface area contributed by atoms with Gasteiger partial charge in [0.25, 0.3) is 0 Å². The van der Waals surface area contributed by atoms with E-state index >= 15 is 0 Å². The molecule has 0 aromatic rings. The normalized spacial score (nSPS) is 18.9. The molecule has 0 saturated heterocycles. The number of nitrogens with one attached hydrogen (secondary N) is 1. The molecular formula is C34H70N2O4. The molecule has 40 heavy (non-hydrogen) atoms. The minimum Gasteiger partial charge on any atom is -0.453 e. The average molecular weight is 571 g/mol. The largest absolute Gasteiger partial charge is 0.453 e. The number of carbonyl (C=O) groups excluding carboxylic acids is 2. The molecule has 0 aromatic heterocycles. The number of rotatable bonds is 14. The summed E-state index contributed by atoms with van der Waals surface area (Å²) in [4.78, 5) is 26.4. The van der Waals surface area contributed by atoms with E-state index in [1.807, 2.05) is 0 Å². The molecule has 6 nitrogen and oxygen atoms in total. The Labute approximate surface area is 249 Å². The van der Waals surface area contributed by atoms with Crippen molar-refractivity contribution in [1.82, 2.24) is 5.32 Å². The lowest BCUT2D eigenvalue weighted by atomic mass is 9.72. The molecule has 0 aliphatic rings. The van der Waals surface area contributed by atoms with E-state index in [9.17, 15) is 9.59 Å². The minimum atomic E-state index is -0.321. The van der Waals surface area contributed by atoms with Crippen LogP contribution in [0, 0.1) is 71.0 Å². The lowest BCUT2D eigenvalue weighted by Crippen LogP contribution is -2.48. The zero-order chi connectivity index (χ0) is 32.5. The van der Waals surface area contributed by atoms with E-state index in [4.69, 9.17) is 9.84 Å². The number of isocyanates is 1. The molecule has 0 fully saturated rings. The van der Waals surface area contributed by atoms with Crippen LogP contribution >= 0.6 is 0 Å². The summed E-state index contributed by atoms with van der Waals surface area (Å²) in [5.41, 5.74) is 0. The summed E-state index contributed by atoms with van der Waals surface area (Å²) >= 11 is 0. The zero-order valence-corrected chi connectivity index (χ0v) is 29.7. The maximum Gasteiger partial charge on any atom is 0.407 e. The number of amides is 1. The van der Waals surface area contributed by atoms with Crippen LogP contribution in [0.3, 0.4) is 0 Å². The van der Waals surface area contributed by atoms with Gasteiger partial charge in [-0.25, -0.2) is 14.6 Å². The van der Waals surface area contributed by atoms with Crippen molar-refractivity contribution >= 4 is 12.2 Å². The van der Waals surface area contributed by atoms with Crippen molar-refractivity contribution in [3.05, 3.63) is 0 Å². The van der Waals surface area contributed by atoms with Gasteiger partial charge in [-0.05, 0) is 71.0 Å². The second-order valence-corrected chi connectivity index (χ2v) is 13.7. The third-order valence-electron chi connectivity index (χ3n) is 10.4. The van der Waals surface area contributed by atoms with Crippen molar-refractivity contribution in [1.29, 1.82) is 0 Å². The summed E-state index contributed by atoms with van der Waals surface area (Å²) in [6.45, 7) is 36.0. The van der Waals surface area contributed by atoms with Gasteiger partial charge >= 0.3 is 6.09 Å². The molecule has 0 rings (SSSR count). The van der Waals surface area contributed by atoms with Crippen LogP contribution in [0.4, 0.5) is 4.79 Å². The summed E-state index contributed by atoms with van der Waals surface area (Å²) in [6.07, 6.45) is 1.46. The van der Waals surface area contributed by atoms with Gasteiger partial charge in [-0.2, -0.15) is 0 Å². The molecule has 6 heteroatoms. The number of hydrogen-bond acceptors (Lipinski definition) is 5. The summed E-state index contributed by atoms with van der Waals surface area (Å²) in [7, 11) is 2.43. The highest BCUT2D eigenvalue weighted by Gasteiger charge is 2.34. The standard InChI is InChI=1S/C17H35NO2.C16H31NO.CH4O/c1-10(2)12(5)14(7)15(8)16(13(6)11(3)4)18-17(19)20-9;1-10(2)12(5)14(7)15(8)16(17-9-18)13(6)11(3)4;1-2/h10-16H,1-9H3,(H,18,19);10-16H,1-8H3;2H,1H3. The zero-order valence-electron chi connectivity index (χ0n) is 29.7. The Kier molecular flexibility index (Phi) is 23.9. The third-order valence-corrected chi connectivity index (χ3v) is 10.4. The molecule has 10 unspecified atom stereocenters. The monoisotopic (exact) mass is 571 g/mol. The van der Waals surface area contributed by atoms with Crippen LogP contribution in [-0.2, 0) is 9.53 Å². The Balaban J connectivity index is -0.000000647. The SMILES string of the molecule is CC(C)C(C)C(C)C(C)C(N=C=O)C(C)C(C)C.CO.COC(=O)NC(C(C)C(C)C)C(C)C(C)C(C)C(C)C. The van der Waals surface area contributed by atoms with Gasteiger partial charge in [0.15, 0.2) is 0 Å². The molecule has 1 amide bonds. The van der Waals surface area contributed by atoms with Gasteiger partial charge in [-0.3, -0.25) is 0 Å². The van der Waals surface area contributed by atoms with Crippen LogP contribution in [0.25, 0.3) is 0 Å². The van der Waals surface area contributed by atoms with Crippen molar-refractivity contribution < 1.29 is 19.4 Å². The van der Waals surface area contributed by atoms with Gasteiger partial charge < -0.3 is 15.2 Å². The average Bonchev–Trinajstić information content (AvgIpc) is 2.92. The number of aliphatic imine (C=N–C) groups is 1. The van der Waals surface area contributed by atoms with Crippen LogP contribution < -0.4 is 5.32 Å². The number of alkyl carbamates (subject to hydrolysis) is 1. The van der Waals surface area contributed by atoms with Gasteiger partial charge in [0.05, 0.1) is 13.2 Å². The van der Waals surface area contributed by atoms with E-state index in [2.05, 4.69) is 121 Å². The summed E-state index contributed by atoms with van der Waals surface area (Å²) in [5, 5.41) is 10.1. The first-order valence-corrected chi connectivity index (χ1v) is 15.7. The molecule has 0 bridgehead atoms.